The molecule has 0 saturated carbocycles. The third kappa shape index (κ3) is 4.32. The summed E-state index contributed by atoms with van der Waals surface area (Å²) in [6.45, 7) is 1.41. The molecule has 1 aliphatic rings. The van der Waals surface area contributed by atoms with Crippen LogP contribution in [0.5, 0.6) is 17.4 Å². The zero-order valence-corrected chi connectivity index (χ0v) is 16.9. The van der Waals surface area contributed by atoms with E-state index in [0.717, 1.165) is 17.0 Å². The van der Waals surface area contributed by atoms with Crippen LogP contribution in [-0.2, 0) is 19.6 Å². The normalized spacial score (nSPS) is 12.8. The molecule has 3 aromatic heterocycles. The summed E-state index contributed by atoms with van der Waals surface area (Å²) in [7, 11) is 3.15. The number of methoxy groups -OCH3 is 2. The van der Waals surface area contributed by atoms with Crippen LogP contribution in [0.1, 0.15) is 27.3 Å². The van der Waals surface area contributed by atoms with Gasteiger partial charge in [-0.05, 0) is 29.8 Å². The molecule has 0 saturated heterocycles. The van der Waals surface area contributed by atoms with E-state index >= 15 is 0 Å². The fraction of sp³-hybridized carbons (Fsp3) is 0.273. The lowest BCUT2D eigenvalue weighted by atomic mass is 10.0. The Hall–Kier alpha value is -3.68. The third-order valence-corrected chi connectivity index (χ3v) is 4.91. The van der Waals surface area contributed by atoms with E-state index in [1.54, 1.807) is 43.6 Å². The fourth-order valence-corrected chi connectivity index (χ4v) is 3.24. The number of ether oxygens (including phenoxy) is 3. The summed E-state index contributed by atoms with van der Waals surface area (Å²) in [4.78, 5) is 27.6. The van der Waals surface area contributed by atoms with Crippen LogP contribution in [0.15, 0.2) is 48.9 Å². The summed E-state index contributed by atoms with van der Waals surface area (Å²) in [6, 6.07) is 9.05. The van der Waals surface area contributed by atoms with E-state index in [-0.39, 0.29) is 5.91 Å². The van der Waals surface area contributed by atoms with Crippen molar-refractivity contribution in [2.24, 2.45) is 0 Å². The first kappa shape index (κ1) is 19.6. The molecule has 8 nitrogen and oxygen atoms in total. The maximum atomic E-state index is 12.8. The van der Waals surface area contributed by atoms with Gasteiger partial charge < -0.3 is 19.1 Å². The summed E-state index contributed by atoms with van der Waals surface area (Å²) in [5, 5.41) is 0. The fourth-order valence-electron chi connectivity index (χ4n) is 3.24. The van der Waals surface area contributed by atoms with E-state index in [9.17, 15) is 4.79 Å². The average molecular weight is 406 g/mol. The molecule has 30 heavy (non-hydrogen) atoms. The van der Waals surface area contributed by atoms with Gasteiger partial charge in [-0.15, -0.1) is 0 Å². The van der Waals surface area contributed by atoms with Gasteiger partial charge in [-0.2, -0.15) is 0 Å². The SMILES string of the molecule is COc1ccc(COc2cnc3c(c2)CN(C(=O)c2ccc(OC)nc2)CC3)nc1. The van der Waals surface area contributed by atoms with Gasteiger partial charge in [0.15, 0.2) is 0 Å². The number of hydrogen-bond donors (Lipinski definition) is 0. The molecule has 1 aliphatic heterocycles. The van der Waals surface area contributed by atoms with Crippen LogP contribution in [-0.4, -0.2) is 46.5 Å². The lowest BCUT2D eigenvalue weighted by molar-refractivity contribution is 0.0732. The molecule has 0 unspecified atom stereocenters. The van der Waals surface area contributed by atoms with Crippen molar-refractivity contribution in [1.29, 1.82) is 0 Å². The molecule has 0 N–H and O–H groups in total. The van der Waals surface area contributed by atoms with E-state index in [2.05, 4.69) is 15.0 Å². The third-order valence-electron chi connectivity index (χ3n) is 4.91. The summed E-state index contributed by atoms with van der Waals surface area (Å²) >= 11 is 0. The molecule has 154 valence electrons. The number of fused-ring (bicyclic) bond motifs is 1. The topological polar surface area (TPSA) is 86.7 Å². The summed E-state index contributed by atoms with van der Waals surface area (Å²) in [5.74, 6) is 1.76. The Bertz CT molecular complexity index is 1020. The minimum Gasteiger partial charge on any atom is -0.495 e. The first-order chi connectivity index (χ1) is 14.7. The largest absolute Gasteiger partial charge is 0.495 e. The smallest absolute Gasteiger partial charge is 0.255 e. The second-order valence-corrected chi connectivity index (χ2v) is 6.82. The quantitative estimate of drug-likeness (QED) is 0.622. The van der Waals surface area contributed by atoms with Crippen molar-refractivity contribution in [2.75, 3.05) is 20.8 Å². The molecule has 4 heterocycles. The van der Waals surface area contributed by atoms with Crippen LogP contribution in [0.2, 0.25) is 0 Å². The predicted molar refractivity (Wildman–Crippen MR) is 109 cm³/mol. The molecular weight excluding hydrogens is 384 g/mol. The highest BCUT2D eigenvalue weighted by Crippen LogP contribution is 2.24. The van der Waals surface area contributed by atoms with Gasteiger partial charge in [-0.25, -0.2) is 4.98 Å². The van der Waals surface area contributed by atoms with Gasteiger partial charge in [0.2, 0.25) is 5.88 Å². The second kappa shape index (κ2) is 8.77. The molecule has 0 radical (unpaired) electrons. The highest BCUT2D eigenvalue weighted by Gasteiger charge is 2.23. The first-order valence-corrected chi connectivity index (χ1v) is 9.55. The maximum absolute atomic E-state index is 12.8. The standard InChI is InChI=1S/C22H22N4O4/c1-28-18-5-4-17(23-11-18)14-30-19-9-16-13-26(8-7-20(16)24-12-19)22(27)15-3-6-21(29-2)25-10-15/h3-6,9-12H,7-8,13-14H2,1-2H3. The maximum Gasteiger partial charge on any atom is 0.255 e. The van der Waals surface area contributed by atoms with Gasteiger partial charge in [-0.3, -0.25) is 14.8 Å². The van der Waals surface area contributed by atoms with Crippen molar-refractivity contribution < 1.29 is 19.0 Å². The Labute approximate surface area is 174 Å². The molecule has 0 atom stereocenters. The van der Waals surface area contributed by atoms with Crippen molar-refractivity contribution >= 4 is 5.91 Å². The van der Waals surface area contributed by atoms with E-state index < -0.39 is 0 Å². The Morgan fingerprint density at radius 3 is 2.57 bits per heavy atom. The van der Waals surface area contributed by atoms with E-state index in [0.29, 0.717) is 49.1 Å². The average Bonchev–Trinajstić information content (AvgIpc) is 2.82. The number of carbonyl (C=O) groups is 1. The van der Waals surface area contributed by atoms with Crippen molar-refractivity contribution in [3.63, 3.8) is 0 Å². The van der Waals surface area contributed by atoms with Crippen LogP contribution in [0.25, 0.3) is 0 Å². The second-order valence-electron chi connectivity index (χ2n) is 6.82. The number of rotatable bonds is 6. The van der Waals surface area contributed by atoms with Crippen LogP contribution in [0.4, 0.5) is 0 Å². The Morgan fingerprint density at radius 1 is 1.00 bits per heavy atom. The zero-order chi connectivity index (χ0) is 20.9. The Kier molecular flexibility index (Phi) is 5.74. The summed E-state index contributed by atoms with van der Waals surface area (Å²) < 4.78 is 16.0. The minimum absolute atomic E-state index is 0.0652. The van der Waals surface area contributed by atoms with Crippen molar-refractivity contribution in [1.82, 2.24) is 19.9 Å². The van der Waals surface area contributed by atoms with Crippen LogP contribution in [0.3, 0.4) is 0 Å². The number of pyridine rings is 3. The predicted octanol–water partition coefficient (Wildman–Crippen LogP) is 2.67. The molecule has 4 rings (SSSR count). The van der Waals surface area contributed by atoms with E-state index in [4.69, 9.17) is 14.2 Å². The highest BCUT2D eigenvalue weighted by molar-refractivity contribution is 5.94. The lowest BCUT2D eigenvalue weighted by Crippen LogP contribution is -2.36. The van der Waals surface area contributed by atoms with Gasteiger partial charge in [-0.1, -0.05) is 0 Å². The lowest BCUT2D eigenvalue weighted by Gasteiger charge is -2.28. The Balaban J connectivity index is 1.42. The molecule has 0 aromatic carbocycles. The highest BCUT2D eigenvalue weighted by atomic mass is 16.5. The Morgan fingerprint density at radius 2 is 1.87 bits per heavy atom. The molecule has 0 bridgehead atoms. The van der Waals surface area contributed by atoms with Gasteiger partial charge >= 0.3 is 0 Å². The molecule has 1 amide bonds. The van der Waals surface area contributed by atoms with Gasteiger partial charge in [0.25, 0.3) is 5.91 Å². The minimum atomic E-state index is -0.0652. The van der Waals surface area contributed by atoms with Crippen LogP contribution >= 0.6 is 0 Å². The molecule has 0 fully saturated rings. The number of carbonyl (C=O) groups excluding carboxylic acids is 1. The number of nitrogens with zero attached hydrogens (tertiary/aromatic N) is 4. The van der Waals surface area contributed by atoms with E-state index in [1.165, 1.54) is 6.20 Å². The van der Waals surface area contributed by atoms with Gasteiger partial charge in [0.1, 0.15) is 18.1 Å². The summed E-state index contributed by atoms with van der Waals surface area (Å²) in [5.41, 5.74) is 3.29. The van der Waals surface area contributed by atoms with Crippen LogP contribution in [0, 0.1) is 0 Å². The molecule has 8 heteroatoms. The number of amides is 1. The number of hydrogen-bond acceptors (Lipinski definition) is 7. The van der Waals surface area contributed by atoms with Gasteiger partial charge in [0.05, 0.1) is 37.9 Å². The molecule has 0 spiro atoms. The van der Waals surface area contributed by atoms with Crippen LogP contribution < -0.4 is 14.2 Å². The molecule has 0 aliphatic carbocycles. The van der Waals surface area contributed by atoms with Crippen molar-refractivity contribution in [3.05, 3.63) is 71.4 Å². The molecule has 3 aromatic rings. The van der Waals surface area contributed by atoms with Gasteiger partial charge in [0, 0.05) is 37.5 Å². The van der Waals surface area contributed by atoms with Crippen molar-refractivity contribution in [2.45, 2.75) is 19.6 Å². The monoisotopic (exact) mass is 406 g/mol. The first-order valence-electron chi connectivity index (χ1n) is 9.55. The zero-order valence-electron chi connectivity index (χ0n) is 16.9. The number of aromatic nitrogens is 3. The molecular formula is C22H22N4O4. The van der Waals surface area contributed by atoms with Crippen molar-refractivity contribution in [3.8, 4) is 17.4 Å². The van der Waals surface area contributed by atoms with E-state index in [1.807, 2.05) is 18.2 Å². The summed E-state index contributed by atoms with van der Waals surface area (Å²) in [6.07, 6.45) is 5.61.